The molecule has 1 heterocycles. The number of hydrogen-bond donors (Lipinski definition) is 2. The summed E-state index contributed by atoms with van der Waals surface area (Å²) < 4.78 is 13.1. The number of halogens is 3. The van der Waals surface area contributed by atoms with Crippen molar-refractivity contribution in [2.24, 2.45) is 4.99 Å². The van der Waals surface area contributed by atoms with E-state index in [1.807, 2.05) is 78.9 Å². The highest BCUT2D eigenvalue weighted by Crippen LogP contribution is 2.45. The molecule has 0 fully saturated rings. The Labute approximate surface area is 269 Å². The lowest BCUT2D eigenvalue weighted by Gasteiger charge is -2.31. The Morgan fingerprint density at radius 2 is 1.74 bits per heavy atom. The second-order valence-electron chi connectivity index (χ2n) is 10.2. The van der Waals surface area contributed by atoms with Gasteiger partial charge in [-0.15, -0.1) is 0 Å². The zero-order valence-corrected chi connectivity index (χ0v) is 26.4. The average Bonchev–Trinajstić information content (AvgIpc) is 3.39. The van der Waals surface area contributed by atoms with E-state index in [-0.39, 0.29) is 18.9 Å². The van der Waals surface area contributed by atoms with Crippen molar-refractivity contribution in [3.05, 3.63) is 134 Å². The largest absolute Gasteiger partial charge is 0.494 e. The van der Waals surface area contributed by atoms with Gasteiger partial charge < -0.3 is 19.9 Å². The third-order valence-corrected chi connectivity index (χ3v) is 8.57. The fourth-order valence-corrected chi connectivity index (χ4v) is 5.96. The predicted octanol–water partition coefficient (Wildman–Crippen LogP) is 7.38. The van der Waals surface area contributed by atoms with Crippen LogP contribution < -0.4 is 10.1 Å². The molecular weight excluding hydrogens is 651 g/mol. The van der Waals surface area contributed by atoms with E-state index < -0.39 is 11.6 Å². The van der Waals surface area contributed by atoms with Crippen molar-refractivity contribution in [2.45, 2.75) is 30.9 Å². The fraction of sp³-hybridized carbons (Fsp3) is 0.235. The molecule has 6 nitrogen and oxygen atoms in total. The minimum atomic E-state index is -1.39. The van der Waals surface area contributed by atoms with Crippen LogP contribution in [0.2, 0.25) is 10.0 Å². The second-order valence-corrected chi connectivity index (χ2v) is 11.9. The maximum atomic E-state index is 14.4. The number of aliphatic imine (C=N–C) groups is 1. The topological polar surface area (TPSA) is 80.2 Å². The molecule has 9 heteroatoms. The van der Waals surface area contributed by atoms with Gasteiger partial charge in [0.15, 0.2) is 11.6 Å². The molecule has 5 rings (SSSR count). The van der Waals surface area contributed by atoms with Gasteiger partial charge in [-0.3, -0.25) is 4.79 Å². The summed E-state index contributed by atoms with van der Waals surface area (Å²) in [7, 11) is 0. The summed E-state index contributed by atoms with van der Waals surface area (Å²) in [5, 5.41) is 13.1. The lowest BCUT2D eigenvalue weighted by Crippen LogP contribution is -2.50. The van der Waals surface area contributed by atoms with Crippen molar-refractivity contribution in [2.75, 3.05) is 19.8 Å². The average molecular weight is 682 g/mol. The highest BCUT2D eigenvalue weighted by atomic mass is 79.9. The van der Waals surface area contributed by atoms with Crippen molar-refractivity contribution in [1.29, 1.82) is 0 Å². The van der Waals surface area contributed by atoms with E-state index in [1.165, 1.54) is 0 Å². The quantitative estimate of drug-likeness (QED) is 0.153. The maximum Gasteiger partial charge on any atom is 0.252 e. The summed E-state index contributed by atoms with van der Waals surface area (Å²) in [6.07, 6.45) is 0.620. The zero-order valence-electron chi connectivity index (χ0n) is 23.3. The summed E-state index contributed by atoms with van der Waals surface area (Å²) in [5.41, 5.74) is 1.93. The van der Waals surface area contributed by atoms with Gasteiger partial charge in [-0.25, -0.2) is 4.99 Å². The Kier molecular flexibility index (Phi) is 10.4. The van der Waals surface area contributed by atoms with Crippen LogP contribution in [0.1, 0.15) is 34.8 Å². The van der Waals surface area contributed by atoms with E-state index in [0.717, 1.165) is 15.6 Å². The number of carbonyl (C=O) groups excluding carboxylic acids is 1. The molecule has 1 amide bonds. The van der Waals surface area contributed by atoms with Crippen molar-refractivity contribution in [1.82, 2.24) is 5.32 Å². The molecule has 4 aromatic rings. The molecule has 222 valence electrons. The van der Waals surface area contributed by atoms with E-state index >= 15 is 0 Å². The third kappa shape index (κ3) is 7.42. The van der Waals surface area contributed by atoms with Crippen LogP contribution >= 0.6 is 39.1 Å². The Bertz CT molecular complexity index is 1580. The fourth-order valence-electron chi connectivity index (χ4n) is 5.02. The first-order valence-corrected chi connectivity index (χ1v) is 15.6. The number of benzene rings is 4. The zero-order chi connectivity index (χ0) is 30.2. The first kappa shape index (κ1) is 31.1. The van der Waals surface area contributed by atoms with Gasteiger partial charge in [0.2, 0.25) is 5.90 Å². The summed E-state index contributed by atoms with van der Waals surface area (Å²) in [6.45, 7) is 0.888. The number of amides is 1. The summed E-state index contributed by atoms with van der Waals surface area (Å²) in [4.78, 5) is 19.5. The number of aliphatic hydroxyl groups is 1. The minimum Gasteiger partial charge on any atom is -0.494 e. The van der Waals surface area contributed by atoms with Crippen molar-refractivity contribution >= 4 is 50.9 Å². The Hall–Kier alpha value is -3.36. The molecule has 2 N–H and O–H groups in total. The van der Waals surface area contributed by atoms with Crippen LogP contribution in [0.25, 0.3) is 0 Å². The van der Waals surface area contributed by atoms with Crippen LogP contribution in [0, 0.1) is 0 Å². The van der Waals surface area contributed by atoms with Gasteiger partial charge in [-0.05, 0) is 60.0 Å². The smallest absolute Gasteiger partial charge is 0.252 e. The molecular formula is C34H31BrCl2N2O4. The van der Waals surface area contributed by atoms with Crippen LogP contribution in [0.4, 0.5) is 0 Å². The number of nitrogens with one attached hydrogen (secondary N) is 1. The van der Waals surface area contributed by atoms with E-state index in [2.05, 4.69) is 21.2 Å². The standard InChI is InChI=1S/C34H31BrCl2N2O4/c35-29-10-5-4-9-25(29)22-34(33(41)38-18-17-23-7-2-1-3-8-23)31(28-16-13-26(36)21-30(28)37)43-32(39-34)24-11-14-27(15-12-24)42-20-6-19-40/h1-5,7-16,21,31,40H,6,17-20,22H2,(H,38,41)/t31-,34-/m1/s1. The van der Waals surface area contributed by atoms with Gasteiger partial charge in [0.25, 0.3) is 5.91 Å². The highest BCUT2D eigenvalue weighted by molar-refractivity contribution is 9.10. The number of hydrogen-bond acceptors (Lipinski definition) is 5. The normalized spacial score (nSPS) is 17.7. The SMILES string of the molecule is O=C(NCCc1ccccc1)[C@]1(Cc2ccccc2Br)N=C(c2ccc(OCCCO)cc2)O[C@@H]1c1ccc(Cl)cc1Cl. The van der Waals surface area contributed by atoms with Crippen molar-refractivity contribution < 1.29 is 19.4 Å². The summed E-state index contributed by atoms with van der Waals surface area (Å²) >= 11 is 16.7. The monoisotopic (exact) mass is 680 g/mol. The molecule has 0 aromatic heterocycles. The van der Waals surface area contributed by atoms with Gasteiger partial charge in [0, 0.05) is 51.6 Å². The van der Waals surface area contributed by atoms with E-state index in [4.69, 9.17) is 42.8 Å². The molecule has 0 radical (unpaired) electrons. The number of rotatable bonds is 12. The first-order chi connectivity index (χ1) is 20.9. The first-order valence-electron chi connectivity index (χ1n) is 14.0. The molecule has 0 saturated heterocycles. The number of nitrogens with zero attached hydrogens (tertiary/aromatic N) is 1. The van der Waals surface area contributed by atoms with Crippen molar-refractivity contribution in [3.8, 4) is 5.75 Å². The maximum absolute atomic E-state index is 14.4. The van der Waals surface area contributed by atoms with Gasteiger partial charge in [-0.2, -0.15) is 0 Å². The molecule has 0 unspecified atom stereocenters. The van der Waals surface area contributed by atoms with E-state index in [9.17, 15) is 4.79 Å². The molecule has 0 spiro atoms. The van der Waals surface area contributed by atoms with Crippen molar-refractivity contribution in [3.63, 3.8) is 0 Å². The van der Waals surface area contributed by atoms with Crippen LogP contribution in [-0.4, -0.2) is 42.2 Å². The molecule has 0 aliphatic carbocycles. The van der Waals surface area contributed by atoms with Gasteiger partial charge >= 0.3 is 0 Å². The second kappa shape index (κ2) is 14.4. The molecule has 2 atom stereocenters. The number of ether oxygens (including phenoxy) is 2. The lowest BCUT2D eigenvalue weighted by molar-refractivity contribution is -0.128. The Morgan fingerprint density at radius 3 is 2.47 bits per heavy atom. The highest BCUT2D eigenvalue weighted by Gasteiger charge is 2.54. The summed E-state index contributed by atoms with van der Waals surface area (Å²) in [6, 6.07) is 30.3. The predicted molar refractivity (Wildman–Crippen MR) is 174 cm³/mol. The molecule has 0 saturated carbocycles. The lowest BCUT2D eigenvalue weighted by atomic mass is 9.82. The van der Waals surface area contributed by atoms with Gasteiger partial charge in [-0.1, -0.05) is 93.7 Å². The van der Waals surface area contributed by atoms with Crippen LogP contribution in [0.3, 0.4) is 0 Å². The van der Waals surface area contributed by atoms with Gasteiger partial charge in [0.1, 0.15) is 5.75 Å². The van der Waals surface area contributed by atoms with Crippen LogP contribution in [0.5, 0.6) is 5.75 Å². The Balaban J connectivity index is 1.55. The van der Waals surface area contributed by atoms with E-state index in [0.29, 0.717) is 58.8 Å². The van der Waals surface area contributed by atoms with E-state index in [1.54, 1.807) is 18.2 Å². The molecule has 0 bridgehead atoms. The van der Waals surface area contributed by atoms with Crippen LogP contribution in [0.15, 0.2) is 107 Å². The number of aliphatic hydroxyl groups excluding tert-OH is 1. The Morgan fingerprint density at radius 1 is 1.00 bits per heavy atom. The third-order valence-electron chi connectivity index (χ3n) is 7.23. The molecule has 4 aromatic carbocycles. The van der Waals surface area contributed by atoms with Gasteiger partial charge in [0.05, 0.1) is 6.61 Å². The summed E-state index contributed by atoms with van der Waals surface area (Å²) in [5.74, 6) is 0.712. The number of carbonyl (C=O) groups is 1. The molecule has 1 aliphatic heterocycles. The minimum absolute atomic E-state index is 0.0599. The molecule has 43 heavy (non-hydrogen) atoms. The molecule has 1 aliphatic rings. The van der Waals surface area contributed by atoms with Crippen LogP contribution in [-0.2, 0) is 22.4 Å².